The molecule has 0 aliphatic rings. The van der Waals surface area contributed by atoms with E-state index in [1.54, 1.807) is 0 Å². The lowest BCUT2D eigenvalue weighted by molar-refractivity contribution is 0.449. The Hall–Kier alpha value is -2.31. The van der Waals surface area contributed by atoms with E-state index in [0.29, 0.717) is 6.07 Å². The molecular weight excluding hydrogens is 267 g/mol. The second-order valence-electron chi connectivity index (χ2n) is 3.67. The van der Waals surface area contributed by atoms with Gasteiger partial charge in [-0.3, -0.25) is 0 Å². The highest BCUT2D eigenvalue weighted by Gasteiger charge is 2.17. The molecule has 100 valence electrons. The van der Waals surface area contributed by atoms with Crippen molar-refractivity contribution in [3.63, 3.8) is 0 Å². The summed E-state index contributed by atoms with van der Waals surface area (Å²) in [5.74, 6) is -7.22. The van der Waals surface area contributed by atoms with Gasteiger partial charge in [0.25, 0.3) is 0 Å². The number of anilines is 3. The molecule has 7 heteroatoms. The molecule has 0 aliphatic carbocycles. The summed E-state index contributed by atoms with van der Waals surface area (Å²) in [7, 11) is 0. The van der Waals surface area contributed by atoms with E-state index < -0.39 is 40.5 Å². The molecule has 0 unspecified atom stereocenters. The highest BCUT2D eigenvalue weighted by molar-refractivity contribution is 5.73. The smallest absolute Gasteiger partial charge is 0.196 e. The molecule has 0 aliphatic heterocycles. The van der Waals surface area contributed by atoms with Gasteiger partial charge in [-0.25, -0.2) is 22.0 Å². The van der Waals surface area contributed by atoms with Crippen LogP contribution in [0.15, 0.2) is 24.3 Å². The first kappa shape index (κ1) is 13.1. The first-order valence-electron chi connectivity index (χ1n) is 5.05. The highest BCUT2D eigenvalue weighted by atomic mass is 19.2. The van der Waals surface area contributed by atoms with Crippen LogP contribution in [0.25, 0.3) is 0 Å². The third-order valence-electron chi connectivity index (χ3n) is 2.42. The van der Waals surface area contributed by atoms with Crippen LogP contribution in [0.1, 0.15) is 0 Å². The second kappa shape index (κ2) is 4.75. The van der Waals surface area contributed by atoms with Crippen molar-refractivity contribution in [3.05, 3.63) is 53.4 Å². The van der Waals surface area contributed by atoms with Crippen LogP contribution in [0, 0.1) is 29.1 Å². The minimum absolute atomic E-state index is 0.206. The topological polar surface area (TPSA) is 38.0 Å². The van der Waals surface area contributed by atoms with Crippen LogP contribution in [-0.2, 0) is 0 Å². The molecule has 0 atom stereocenters. The number of hydrogen-bond acceptors (Lipinski definition) is 2. The van der Waals surface area contributed by atoms with E-state index in [0.717, 1.165) is 18.2 Å². The van der Waals surface area contributed by atoms with Gasteiger partial charge >= 0.3 is 0 Å². The largest absolute Gasteiger partial charge is 0.397 e. The molecule has 2 aromatic rings. The molecular formula is C12H7F5N2. The zero-order valence-corrected chi connectivity index (χ0v) is 9.28. The molecule has 0 fully saturated rings. The van der Waals surface area contributed by atoms with E-state index >= 15 is 0 Å². The number of benzene rings is 2. The molecule has 19 heavy (non-hydrogen) atoms. The van der Waals surface area contributed by atoms with Crippen molar-refractivity contribution in [2.24, 2.45) is 0 Å². The number of hydrogen-bond donors (Lipinski definition) is 2. The lowest BCUT2D eigenvalue weighted by atomic mass is 10.2. The number of nitrogens with two attached hydrogens (primary N) is 1. The maximum absolute atomic E-state index is 13.5. The summed E-state index contributed by atoms with van der Waals surface area (Å²) in [6.45, 7) is 0. The Labute approximate surface area is 104 Å². The summed E-state index contributed by atoms with van der Waals surface area (Å²) in [5, 5.41) is 2.10. The van der Waals surface area contributed by atoms with Crippen LogP contribution in [0.4, 0.5) is 39.0 Å². The summed E-state index contributed by atoms with van der Waals surface area (Å²) >= 11 is 0. The van der Waals surface area contributed by atoms with Crippen molar-refractivity contribution < 1.29 is 22.0 Å². The van der Waals surface area contributed by atoms with Crippen molar-refractivity contribution in [3.8, 4) is 0 Å². The van der Waals surface area contributed by atoms with Crippen molar-refractivity contribution in [2.75, 3.05) is 11.1 Å². The number of nitrogen functional groups attached to an aromatic ring is 1. The van der Waals surface area contributed by atoms with E-state index in [9.17, 15) is 22.0 Å². The average Bonchev–Trinajstić information content (AvgIpc) is 2.39. The van der Waals surface area contributed by atoms with Gasteiger partial charge < -0.3 is 11.1 Å². The molecule has 0 amide bonds. The Bertz CT molecular complexity index is 643. The van der Waals surface area contributed by atoms with Gasteiger partial charge in [0, 0.05) is 0 Å². The van der Waals surface area contributed by atoms with Gasteiger partial charge in [-0.1, -0.05) is 0 Å². The van der Waals surface area contributed by atoms with Gasteiger partial charge in [0.05, 0.1) is 11.4 Å². The van der Waals surface area contributed by atoms with E-state index in [1.165, 1.54) is 0 Å². The Kier molecular flexibility index (Phi) is 3.28. The summed E-state index contributed by atoms with van der Waals surface area (Å²) < 4.78 is 65.5. The molecule has 0 radical (unpaired) electrons. The fourth-order valence-electron chi connectivity index (χ4n) is 1.45. The fraction of sp³-hybridized carbons (Fsp3) is 0. The molecule has 2 aromatic carbocycles. The van der Waals surface area contributed by atoms with E-state index in [-0.39, 0.29) is 5.69 Å². The quantitative estimate of drug-likeness (QED) is 0.497. The predicted molar refractivity (Wildman–Crippen MR) is 60.4 cm³/mol. The summed E-state index contributed by atoms with van der Waals surface area (Å²) in [6, 6.07) is 3.33. The van der Waals surface area contributed by atoms with Crippen LogP contribution >= 0.6 is 0 Å². The number of halogens is 5. The molecule has 3 N–H and O–H groups in total. The maximum atomic E-state index is 13.5. The minimum atomic E-state index is -1.72. The van der Waals surface area contributed by atoms with E-state index in [2.05, 4.69) is 5.32 Å². The number of nitrogens with one attached hydrogen (secondary N) is 1. The van der Waals surface area contributed by atoms with Crippen molar-refractivity contribution in [1.29, 1.82) is 0 Å². The third-order valence-corrected chi connectivity index (χ3v) is 2.42. The van der Waals surface area contributed by atoms with Crippen LogP contribution < -0.4 is 11.1 Å². The monoisotopic (exact) mass is 274 g/mol. The second-order valence-corrected chi connectivity index (χ2v) is 3.67. The Morgan fingerprint density at radius 3 is 2.00 bits per heavy atom. The van der Waals surface area contributed by atoms with Gasteiger partial charge in [-0.2, -0.15) is 0 Å². The Morgan fingerprint density at radius 2 is 1.32 bits per heavy atom. The summed E-state index contributed by atoms with van der Waals surface area (Å²) in [6.07, 6.45) is 0. The van der Waals surface area contributed by atoms with Gasteiger partial charge in [0.2, 0.25) is 0 Å². The lowest BCUT2D eigenvalue weighted by Gasteiger charge is -2.12. The normalized spacial score (nSPS) is 10.6. The molecule has 0 heterocycles. The zero-order valence-electron chi connectivity index (χ0n) is 9.28. The lowest BCUT2D eigenvalue weighted by Crippen LogP contribution is -2.04. The van der Waals surface area contributed by atoms with Crippen LogP contribution in [0.3, 0.4) is 0 Å². The van der Waals surface area contributed by atoms with Crippen molar-refractivity contribution in [2.45, 2.75) is 0 Å². The SMILES string of the molecule is Nc1ccc(F)c(F)c1Nc1ccc(F)c(F)c1F. The van der Waals surface area contributed by atoms with E-state index in [1.807, 2.05) is 0 Å². The molecule has 0 bridgehead atoms. The Morgan fingerprint density at radius 1 is 0.737 bits per heavy atom. The van der Waals surface area contributed by atoms with Gasteiger partial charge in [-0.15, -0.1) is 0 Å². The highest BCUT2D eigenvalue weighted by Crippen LogP contribution is 2.30. The van der Waals surface area contributed by atoms with Crippen LogP contribution in [-0.4, -0.2) is 0 Å². The molecule has 0 saturated heterocycles. The summed E-state index contributed by atoms with van der Waals surface area (Å²) in [5.41, 5.74) is 4.08. The minimum Gasteiger partial charge on any atom is -0.397 e. The van der Waals surface area contributed by atoms with Gasteiger partial charge in [0.1, 0.15) is 5.69 Å². The van der Waals surface area contributed by atoms with Crippen LogP contribution in [0.5, 0.6) is 0 Å². The molecule has 0 aromatic heterocycles. The van der Waals surface area contributed by atoms with Crippen molar-refractivity contribution in [1.82, 2.24) is 0 Å². The fourth-order valence-corrected chi connectivity index (χ4v) is 1.45. The predicted octanol–water partition coefficient (Wildman–Crippen LogP) is 3.71. The molecule has 2 rings (SSSR count). The summed E-state index contributed by atoms with van der Waals surface area (Å²) in [4.78, 5) is 0. The zero-order chi connectivity index (χ0) is 14.2. The van der Waals surface area contributed by atoms with Crippen LogP contribution in [0.2, 0.25) is 0 Å². The average molecular weight is 274 g/mol. The number of rotatable bonds is 2. The Balaban J connectivity index is 2.48. The molecule has 2 nitrogen and oxygen atoms in total. The molecule has 0 saturated carbocycles. The van der Waals surface area contributed by atoms with Gasteiger partial charge in [-0.05, 0) is 24.3 Å². The van der Waals surface area contributed by atoms with E-state index in [4.69, 9.17) is 5.73 Å². The molecule has 0 spiro atoms. The van der Waals surface area contributed by atoms with Crippen molar-refractivity contribution >= 4 is 17.1 Å². The first-order chi connectivity index (χ1) is 8.91. The maximum Gasteiger partial charge on any atom is 0.196 e. The first-order valence-corrected chi connectivity index (χ1v) is 5.05. The standard InChI is InChI=1S/C12H7F5N2/c13-5-2-4-8(11(17)9(5)15)19-12-7(18)3-1-6(14)10(12)16/h1-4,19H,18H2. The third kappa shape index (κ3) is 2.31. The van der Waals surface area contributed by atoms with Gasteiger partial charge in [0.15, 0.2) is 29.1 Å².